The van der Waals surface area contributed by atoms with Gasteiger partial charge in [0.25, 0.3) is 0 Å². The Morgan fingerprint density at radius 3 is 2.61 bits per heavy atom. The number of rotatable bonds is 3. The minimum absolute atomic E-state index is 0.116. The Morgan fingerprint density at radius 1 is 1.33 bits per heavy atom. The van der Waals surface area contributed by atoms with Crippen LogP contribution in [-0.4, -0.2) is 23.3 Å². The molecule has 18 heavy (non-hydrogen) atoms. The molecule has 0 radical (unpaired) electrons. The molecule has 0 amide bonds. The second-order valence-corrected chi connectivity index (χ2v) is 5.89. The third-order valence-corrected chi connectivity index (χ3v) is 4.90. The van der Waals surface area contributed by atoms with Crippen LogP contribution in [-0.2, 0) is 15.8 Å². The maximum atomic E-state index is 6.18. The van der Waals surface area contributed by atoms with Crippen LogP contribution in [0.5, 0.6) is 0 Å². The zero-order valence-electron chi connectivity index (χ0n) is 11.1. The van der Waals surface area contributed by atoms with Crippen LogP contribution >= 0.6 is 0 Å². The molecule has 2 saturated carbocycles. The fraction of sp³-hybridized carbons (Fsp3) is 0.846. The van der Waals surface area contributed by atoms with Crippen molar-refractivity contribution in [1.82, 2.24) is 10.1 Å². The fourth-order valence-corrected chi connectivity index (χ4v) is 3.12. The second-order valence-electron chi connectivity index (χ2n) is 5.89. The van der Waals surface area contributed by atoms with Crippen molar-refractivity contribution in [1.29, 1.82) is 0 Å². The van der Waals surface area contributed by atoms with E-state index in [4.69, 9.17) is 15.0 Å². The molecule has 1 heterocycles. The van der Waals surface area contributed by atoms with Crippen LogP contribution in [0.2, 0.25) is 0 Å². The van der Waals surface area contributed by atoms with E-state index in [2.05, 4.69) is 17.1 Å². The Balaban J connectivity index is 1.90. The Hall–Kier alpha value is -0.940. The van der Waals surface area contributed by atoms with Gasteiger partial charge in [-0.3, -0.25) is 0 Å². The predicted molar refractivity (Wildman–Crippen MR) is 66.0 cm³/mol. The number of hydrogen-bond acceptors (Lipinski definition) is 5. The lowest BCUT2D eigenvalue weighted by molar-refractivity contribution is -0.0858. The summed E-state index contributed by atoms with van der Waals surface area (Å²) >= 11 is 0. The van der Waals surface area contributed by atoms with Crippen LogP contribution in [0.15, 0.2) is 4.52 Å². The van der Waals surface area contributed by atoms with Crippen LogP contribution in [0.1, 0.15) is 57.2 Å². The molecule has 1 aromatic heterocycles. The highest BCUT2D eigenvalue weighted by Gasteiger charge is 2.47. The summed E-state index contributed by atoms with van der Waals surface area (Å²) in [6.07, 6.45) is 6.30. The van der Waals surface area contributed by atoms with Gasteiger partial charge in [-0.25, -0.2) is 0 Å². The Morgan fingerprint density at radius 2 is 2.11 bits per heavy atom. The average Bonchev–Trinajstić information content (AvgIpc) is 2.88. The van der Waals surface area contributed by atoms with E-state index in [0.717, 1.165) is 38.5 Å². The van der Waals surface area contributed by atoms with E-state index in [1.165, 1.54) is 0 Å². The molecule has 2 N–H and O–H groups in total. The zero-order valence-corrected chi connectivity index (χ0v) is 11.1. The quantitative estimate of drug-likeness (QED) is 0.887. The molecule has 1 aromatic rings. The SMILES string of the molecule is COC1(c2noc(C3(C)CCCC3N)n2)CCC1. The summed E-state index contributed by atoms with van der Waals surface area (Å²) in [4.78, 5) is 4.60. The largest absolute Gasteiger partial charge is 0.370 e. The van der Waals surface area contributed by atoms with Crippen molar-refractivity contribution < 1.29 is 9.26 Å². The van der Waals surface area contributed by atoms with E-state index in [9.17, 15) is 0 Å². The van der Waals surface area contributed by atoms with Crippen LogP contribution in [0.4, 0.5) is 0 Å². The fourth-order valence-electron chi connectivity index (χ4n) is 3.12. The Bertz CT molecular complexity index is 436. The highest BCUT2D eigenvalue weighted by molar-refractivity contribution is 5.15. The summed E-state index contributed by atoms with van der Waals surface area (Å²) in [6.45, 7) is 2.13. The van der Waals surface area contributed by atoms with Crippen LogP contribution in [0, 0.1) is 0 Å². The smallest absolute Gasteiger partial charge is 0.234 e. The van der Waals surface area contributed by atoms with Crippen LogP contribution in [0.3, 0.4) is 0 Å². The first-order chi connectivity index (χ1) is 8.61. The van der Waals surface area contributed by atoms with Gasteiger partial charge >= 0.3 is 0 Å². The molecule has 2 atom stereocenters. The molecule has 2 unspecified atom stereocenters. The van der Waals surface area contributed by atoms with Crippen molar-refractivity contribution in [3.05, 3.63) is 11.7 Å². The van der Waals surface area contributed by atoms with Crippen molar-refractivity contribution in [3.8, 4) is 0 Å². The Kier molecular flexibility index (Phi) is 2.71. The third-order valence-electron chi connectivity index (χ3n) is 4.90. The predicted octanol–water partition coefficient (Wildman–Crippen LogP) is 1.86. The van der Waals surface area contributed by atoms with Gasteiger partial charge in [0.05, 0.1) is 5.41 Å². The average molecular weight is 251 g/mol. The minimum atomic E-state index is -0.305. The summed E-state index contributed by atoms with van der Waals surface area (Å²) in [6, 6.07) is 0.116. The highest BCUT2D eigenvalue weighted by Crippen LogP contribution is 2.44. The molecule has 2 fully saturated rings. The van der Waals surface area contributed by atoms with E-state index in [-0.39, 0.29) is 17.1 Å². The molecule has 0 aromatic carbocycles. The van der Waals surface area contributed by atoms with Gasteiger partial charge < -0.3 is 15.0 Å². The molecule has 0 spiro atoms. The lowest BCUT2D eigenvalue weighted by atomic mass is 9.79. The van der Waals surface area contributed by atoms with Gasteiger partial charge in [0.2, 0.25) is 11.7 Å². The summed E-state index contributed by atoms with van der Waals surface area (Å²) < 4.78 is 11.1. The number of methoxy groups -OCH3 is 1. The van der Waals surface area contributed by atoms with Gasteiger partial charge in [-0.2, -0.15) is 4.98 Å². The van der Waals surface area contributed by atoms with E-state index < -0.39 is 0 Å². The standard InChI is InChI=1S/C13H21N3O2/c1-12(6-3-5-9(12)14)11-15-10(16-18-11)13(17-2)7-4-8-13/h9H,3-8,14H2,1-2H3. The van der Waals surface area contributed by atoms with E-state index >= 15 is 0 Å². The monoisotopic (exact) mass is 251 g/mol. The van der Waals surface area contributed by atoms with Gasteiger partial charge in [0.15, 0.2) is 0 Å². The topological polar surface area (TPSA) is 74.2 Å². The molecule has 0 bridgehead atoms. The normalized spacial score (nSPS) is 34.5. The summed E-state index contributed by atoms with van der Waals surface area (Å²) in [5.41, 5.74) is 5.72. The van der Waals surface area contributed by atoms with E-state index in [0.29, 0.717) is 11.7 Å². The van der Waals surface area contributed by atoms with Crippen molar-refractivity contribution in [2.24, 2.45) is 5.73 Å². The van der Waals surface area contributed by atoms with E-state index in [1.807, 2.05) is 0 Å². The molecule has 5 nitrogen and oxygen atoms in total. The molecule has 100 valence electrons. The first-order valence-electron chi connectivity index (χ1n) is 6.76. The number of aromatic nitrogens is 2. The summed E-state index contributed by atoms with van der Waals surface area (Å²) in [5, 5.41) is 4.14. The van der Waals surface area contributed by atoms with Crippen molar-refractivity contribution in [2.75, 3.05) is 7.11 Å². The molecule has 2 aliphatic rings. The van der Waals surface area contributed by atoms with Gasteiger partial charge in [0, 0.05) is 13.2 Å². The molecule has 0 aliphatic heterocycles. The molecule has 2 aliphatic carbocycles. The summed E-state index contributed by atoms with van der Waals surface area (Å²) in [5.74, 6) is 1.39. The molecular formula is C13H21N3O2. The molecule has 5 heteroatoms. The third kappa shape index (κ3) is 1.53. The number of hydrogen-bond donors (Lipinski definition) is 1. The lowest BCUT2D eigenvalue weighted by Gasteiger charge is -2.37. The lowest BCUT2D eigenvalue weighted by Crippen LogP contribution is -2.39. The number of ether oxygens (including phenoxy) is 1. The molecular weight excluding hydrogens is 230 g/mol. The minimum Gasteiger partial charge on any atom is -0.370 e. The van der Waals surface area contributed by atoms with Crippen molar-refractivity contribution in [2.45, 2.75) is 62.5 Å². The maximum absolute atomic E-state index is 6.18. The first-order valence-corrected chi connectivity index (χ1v) is 6.76. The zero-order chi connectivity index (χ0) is 12.8. The number of nitrogens with zero attached hydrogens (tertiary/aromatic N) is 2. The maximum Gasteiger partial charge on any atom is 0.234 e. The van der Waals surface area contributed by atoms with Gasteiger partial charge in [-0.1, -0.05) is 11.6 Å². The molecule has 0 saturated heterocycles. The van der Waals surface area contributed by atoms with Crippen molar-refractivity contribution in [3.63, 3.8) is 0 Å². The summed E-state index contributed by atoms with van der Waals surface area (Å²) in [7, 11) is 1.72. The van der Waals surface area contributed by atoms with E-state index in [1.54, 1.807) is 7.11 Å². The highest BCUT2D eigenvalue weighted by atomic mass is 16.5. The van der Waals surface area contributed by atoms with Gasteiger partial charge in [-0.15, -0.1) is 0 Å². The van der Waals surface area contributed by atoms with Crippen LogP contribution < -0.4 is 5.73 Å². The van der Waals surface area contributed by atoms with Crippen LogP contribution in [0.25, 0.3) is 0 Å². The second kappa shape index (κ2) is 4.03. The first kappa shape index (κ1) is 12.1. The van der Waals surface area contributed by atoms with Crippen molar-refractivity contribution >= 4 is 0 Å². The van der Waals surface area contributed by atoms with Gasteiger partial charge in [0.1, 0.15) is 5.60 Å². The Labute approximate surface area is 107 Å². The molecule has 3 rings (SSSR count). The number of nitrogens with two attached hydrogens (primary N) is 1. The van der Waals surface area contributed by atoms with Gasteiger partial charge in [-0.05, 0) is 39.0 Å².